The van der Waals surface area contributed by atoms with Gasteiger partial charge in [-0.25, -0.2) is 0 Å². The molecule has 1 aliphatic carbocycles. The molecule has 114 valence electrons. The summed E-state index contributed by atoms with van der Waals surface area (Å²) in [5, 5.41) is 14.3. The van der Waals surface area contributed by atoms with Crippen molar-refractivity contribution < 1.29 is 4.92 Å². The number of thioether (sulfide) groups is 1. The van der Waals surface area contributed by atoms with Crippen molar-refractivity contribution in [2.75, 3.05) is 0 Å². The van der Waals surface area contributed by atoms with E-state index in [1.54, 1.807) is 24.8 Å². The van der Waals surface area contributed by atoms with Crippen LogP contribution in [0.1, 0.15) is 36.8 Å². The third kappa shape index (κ3) is 2.05. The number of benzene rings is 1. The number of nitro benzene ring substituents is 1. The number of aryl methyl sites for hydroxylation is 1. The number of hydrogen-bond acceptors (Lipinski definition) is 5. The van der Waals surface area contributed by atoms with Gasteiger partial charge in [0.15, 0.2) is 5.17 Å². The van der Waals surface area contributed by atoms with Gasteiger partial charge in [-0.3, -0.25) is 15.1 Å². The average molecular weight is 315 g/mol. The van der Waals surface area contributed by atoms with Crippen LogP contribution in [0.2, 0.25) is 0 Å². The Hall–Kier alpha value is -1.82. The Morgan fingerprint density at radius 2 is 2.18 bits per heavy atom. The third-order valence-electron chi connectivity index (χ3n) is 4.75. The lowest BCUT2D eigenvalue weighted by Crippen LogP contribution is -2.38. The van der Waals surface area contributed by atoms with Gasteiger partial charge in [-0.1, -0.05) is 36.7 Å². The standard InChI is InChI=1S/C16H17N3O2S/c1-10-6-7-11(8-14(10)19(20)21)15-9-22-16-17-12-4-2-3-5-13(12)18(15)16/h6-9,12-13H,2-5H2,1H3/t12-,13-/m1/s1. The van der Waals surface area contributed by atoms with Gasteiger partial charge in [-0.15, -0.1) is 0 Å². The zero-order valence-corrected chi connectivity index (χ0v) is 13.2. The van der Waals surface area contributed by atoms with Crippen molar-refractivity contribution >= 4 is 28.3 Å². The molecular weight excluding hydrogens is 298 g/mol. The number of nitrogens with zero attached hydrogens (tertiary/aromatic N) is 3. The van der Waals surface area contributed by atoms with Gasteiger partial charge in [0.1, 0.15) is 0 Å². The molecule has 2 atom stereocenters. The van der Waals surface area contributed by atoms with E-state index >= 15 is 0 Å². The second kappa shape index (κ2) is 5.12. The van der Waals surface area contributed by atoms with Gasteiger partial charge < -0.3 is 4.90 Å². The molecule has 1 saturated carbocycles. The van der Waals surface area contributed by atoms with Crippen LogP contribution in [-0.4, -0.2) is 27.1 Å². The molecule has 0 radical (unpaired) electrons. The molecule has 2 heterocycles. The molecule has 22 heavy (non-hydrogen) atoms. The quantitative estimate of drug-likeness (QED) is 0.613. The van der Waals surface area contributed by atoms with Gasteiger partial charge in [-0.2, -0.15) is 0 Å². The van der Waals surface area contributed by atoms with Gasteiger partial charge in [0.05, 0.1) is 22.7 Å². The van der Waals surface area contributed by atoms with Gasteiger partial charge in [-0.05, 0) is 19.8 Å². The monoisotopic (exact) mass is 315 g/mol. The second-order valence-electron chi connectivity index (χ2n) is 6.08. The van der Waals surface area contributed by atoms with E-state index in [2.05, 4.69) is 10.3 Å². The van der Waals surface area contributed by atoms with E-state index < -0.39 is 0 Å². The van der Waals surface area contributed by atoms with Crippen LogP contribution in [0.5, 0.6) is 0 Å². The number of fused-ring (bicyclic) bond motifs is 3. The molecule has 0 amide bonds. The van der Waals surface area contributed by atoms with E-state index in [4.69, 9.17) is 4.99 Å². The zero-order chi connectivity index (χ0) is 15.3. The molecule has 2 aliphatic heterocycles. The van der Waals surface area contributed by atoms with Crippen LogP contribution in [0.15, 0.2) is 28.6 Å². The van der Waals surface area contributed by atoms with Crippen molar-refractivity contribution in [3.05, 3.63) is 44.8 Å². The highest BCUT2D eigenvalue weighted by Gasteiger charge is 2.42. The zero-order valence-electron chi connectivity index (χ0n) is 12.4. The number of amidine groups is 1. The Kier molecular flexibility index (Phi) is 3.22. The maximum Gasteiger partial charge on any atom is 0.272 e. The summed E-state index contributed by atoms with van der Waals surface area (Å²) in [6.45, 7) is 1.78. The van der Waals surface area contributed by atoms with Crippen molar-refractivity contribution in [1.29, 1.82) is 0 Å². The van der Waals surface area contributed by atoms with E-state index in [-0.39, 0.29) is 10.6 Å². The highest BCUT2D eigenvalue weighted by molar-refractivity contribution is 8.16. The molecule has 0 bridgehead atoms. The lowest BCUT2D eigenvalue weighted by molar-refractivity contribution is -0.385. The summed E-state index contributed by atoms with van der Waals surface area (Å²) in [5.41, 5.74) is 2.88. The van der Waals surface area contributed by atoms with Crippen LogP contribution in [0.25, 0.3) is 5.70 Å². The number of nitro groups is 1. The molecule has 0 aromatic heterocycles. The summed E-state index contributed by atoms with van der Waals surface area (Å²) in [5.74, 6) is 0. The van der Waals surface area contributed by atoms with Crippen molar-refractivity contribution in [1.82, 2.24) is 4.90 Å². The lowest BCUT2D eigenvalue weighted by Gasteiger charge is -2.32. The summed E-state index contributed by atoms with van der Waals surface area (Å²) in [4.78, 5) is 18.0. The minimum absolute atomic E-state index is 0.188. The third-order valence-corrected chi connectivity index (χ3v) is 5.60. The maximum absolute atomic E-state index is 11.2. The van der Waals surface area contributed by atoms with Crippen LogP contribution in [0, 0.1) is 17.0 Å². The molecular formula is C16H17N3O2S. The van der Waals surface area contributed by atoms with E-state index in [0.29, 0.717) is 17.6 Å². The molecule has 1 aromatic carbocycles. The highest BCUT2D eigenvalue weighted by Crippen LogP contribution is 2.44. The van der Waals surface area contributed by atoms with Gasteiger partial charge in [0, 0.05) is 22.6 Å². The second-order valence-corrected chi connectivity index (χ2v) is 6.92. The fraction of sp³-hybridized carbons (Fsp3) is 0.438. The van der Waals surface area contributed by atoms with Crippen molar-refractivity contribution in [3.63, 3.8) is 0 Å². The van der Waals surface area contributed by atoms with Crippen molar-refractivity contribution in [3.8, 4) is 0 Å². The summed E-state index contributed by atoms with van der Waals surface area (Å²) in [7, 11) is 0. The average Bonchev–Trinajstić information content (AvgIpc) is 3.06. The lowest BCUT2D eigenvalue weighted by atomic mass is 9.90. The first-order valence-corrected chi connectivity index (χ1v) is 8.52. The molecule has 1 fully saturated rings. The number of aliphatic imine (C=N–C) groups is 1. The minimum Gasteiger partial charge on any atom is -0.315 e. The Morgan fingerprint density at radius 1 is 1.36 bits per heavy atom. The van der Waals surface area contributed by atoms with Crippen LogP contribution in [0.3, 0.4) is 0 Å². The number of hydrogen-bond donors (Lipinski definition) is 0. The van der Waals surface area contributed by atoms with Gasteiger partial charge in [0.25, 0.3) is 5.69 Å². The fourth-order valence-electron chi connectivity index (χ4n) is 3.60. The fourth-order valence-corrected chi connectivity index (χ4v) is 4.61. The molecule has 0 spiro atoms. The first kappa shape index (κ1) is 13.8. The van der Waals surface area contributed by atoms with E-state index in [1.165, 1.54) is 12.8 Å². The first-order valence-electron chi connectivity index (χ1n) is 7.64. The summed E-state index contributed by atoms with van der Waals surface area (Å²) in [6, 6.07) is 6.35. The van der Waals surface area contributed by atoms with E-state index in [9.17, 15) is 10.1 Å². The Labute approximate surface area is 133 Å². The van der Waals surface area contributed by atoms with Crippen LogP contribution >= 0.6 is 11.8 Å². The summed E-state index contributed by atoms with van der Waals surface area (Å²) in [6.07, 6.45) is 4.81. The van der Waals surface area contributed by atoms with E-state index in [1.807, 2.05) is 12.1 Å². The van der Waals surface area contributed by atoms with Crippen LogP contribution in [0.4, 0.5) is 5.69 Å². The largest absolute Gasteiger partial charge is 0.315 e. The molecule has 6 heteroatoms. The van der Waals surface area contributed by atoms with Gasteiger partial charge >= 0.3 is 0 Å². The Balaban J connectivity index is 1.70. The van der Waals surface area contributed by atoms with E-state index in [0.717, 1.165) is 29.3 Å². The molecule has 0 saturated heterocycles. The molecule has 3 aliphatic rings. The normalized spacial score (nSPS) is 26.3. The predicted octanol–water partition coefficient (Wildman–Crippen LogP) is 3.93. The van der Waals surface area contributed by atoms with Gasteiger partial charge in [0.2, 0.25) is 0 Å². The highest BCUT2D eigenvalue weighted by atomic mass is 32.2. The summed E-state index contributed by atoms with van der Waals surface area (Å²) < 4.78 is 0. The topological polar surface area (TPSA) is 58.7 Å². The maximum atomic E-state index is 11.2. The molecule has 1 aromatic rings. The SMILES string of the molecule is Cc1ccc(C2=CSC3=N[C@@H]4CCCC[C@H]4N23)cc1[N+](=O)[O-]. The Morgan fingerprint density at radius 3 is 3.00 bits per heavy atom. The van der Waals surface area contributed by atoms with Crippen LogP contribution < -0.4 is 0 Å². The predicted molar refractivity (Wildman–Crippen MR) is 88.7 cm³/mol. The van der Waals surface area contributed by atoms with Crippen molar-refractivity contribution in [2.24, 2.45) is 4.99 Å². The smallest absolute Gasteiger partial charge is 0.272 e. The molecule has 5 nitrogen and oxygen atoms in total. The van der Waals surface area contributed by atoms with Crippen LogP contribution in [-0.2, 0) is 0 Å². The summed E-state index contributed by atoms with van der Waals surface area (Å²) >= 11 is 1.64. The molecule has 0 unspecified atom stereocenters. The van der Waals surface area contributed by atoms with Crippen molar-refractivity contribution in [2.45, 2.75) is 44.7 Å². The number of rotatable bonds is 2. The molecule has 0 N–H and O–H groups in total. The Bertz CT molecular complexity index is 713. The first-order chi connectivity index (χ1) is 10.6. The minimum atomic E-state index is -0.302. The molecule has 4 rings (SSSR count).